The molecule has 2 aromatic carbocycles. The Morgan fingerprint density at radius 1 is 1.12 bits per heavy atom. The van der Waals surface area contributed by atoms with Crippen molar-refractivity contribution in [3.63, 3.8) is 0 Å². The highest BCUT2D eigenvalue weighted by Crippen LogP contribution is 2.26. The first kappa shape index (κ1) is 16.1. The Labute approximate surface area is 146 Å². The lowest BCUT2D eigenvalue weighted by atomic mass is 9.94. The number of halogens is 1. The van der Waals surface area contributed by atoms with Gasteiger partial charge >= 0.3 is 0 Å². The number of nitrogens with zero attached hydrogens (tertiary/aromatic N) is 2. The summed E-state index contributed by atoms with van der Waals surface area (Å²) < 4.78 is 15.4. The van der Waals surface area contributed by atoms with Gasteiger partial charge in [0.25, 0.3) is 0 Å². The largest absolute Gasteiger partial charge is 0.508 e. The summed E-state index contributed by atoms with van der Waals surface area (Å²) in [5, 5.41) is 13.3. The zero-order chi connectivity index (χ0) is 17.2. The van der Waals surface area contributed by atoms with Crippen LogP contribution in [0, 0.1) is 11.7 Å². The summed E-state index contributed by atoms with van der Waals surface area (Å²) in [4.78, 5) is 4.82. The molecule has 0 saturated carbocycles. The van der Waals surface area contributed by atoms with Crippen LogP contribution in [0.25, 0.3) is 11.0 Å². The van der Waals surface area contributed by atoms with Crippen LogP contribution >= 0.6 is 0 Å². The van der Waals surface area contributed by atoms with E-state index in [1.807, 2.05) is 6.07 Å². The minimum atomic E-state index is -0.230. The molecule has 2 N–H and O–H groups in total. The van der Waals surface area contributed by atoms with E-state index in [2.05, 4.69) is 9.88 Å². The van der Waals surface area contributed by atoms with E-state index < -0.39 is 0 Å². The maximum Gasteiger partial charge on any atom is 0.123 e. The second-order valence-electron chi connectivity index (χ2n) is 6.81. The van der Waals surface area contributed by atoms with Crippen LogP contribution < -0.4 is 5.32 Å². The molecule has 130 valence electrons. The lowest BCUT2D eigenvalue weighted by Crippen LogP contribution is -2.29. The van der Waals surface area contributed by atoms with Gasteiger partial charge in [-0.25, -0.2) is 9.37 Å². The van der Waals surface area contributed by atoms with Crippen LogP contribution in [0.4, 0.5) is 4.39 Å². The van der Waals surface area contributed by atoms with Gasteiger partial charge in [-0.3, -0.25) is 0 Å². The SMILES string of the molecule is Oc1ccc2nc(CC3CCNCC3)n(Cc3ccc(F)cc3)c2c1. The third-order valence-electron chi connectivity index (χ3n) is 4.99. The lowest BCUT2D eigenvalue weighted by Gasteiger charge is -2.22. The molecule has 1 saturated heterocycles. The third-order valence-corrected chi connectivity index (χ3v) is 4.99. The molecule has 0 aliphatic carbocycles. The molecule has 3 aromatic rings. The molecule has 4 nitrogen and oxygen atoms in total. The van der Waals surface area contributed by atoms with Crippen molar-refractivity contribution in [2.24, 2.45) is 5.92 Å². The number of rotatable bonds is 4. The van der Waals surface area contributed by atoms with E-state index >= 15 is 0 Å². The molecular formula is C20H22FN3O. The zero-order valence-corrected chi connectivity index (χ0v) is 14.1. The van der Waals surface area contributed by atoms with Crippen LogP contribution in [-0.4, -0.2) is 27.7 Å². The minimum Gasteiger partial charge on any atom is -0.508 e. The molecule has 25 heavy (non-hydrogen) atoms. The monoisotopic (exact) mass is 339 g/mol. The number of hydrogen-bond acceptors (Lipinski definition) is 3. The van der Waals surface area contributed by atoms with Gasteiger partial charge in [-0.05, 0) is 61.7 Å². The summed E-state index contributed by atoms with van der Waals surface area (Å²) in [5.41, 5.74) is 2.84. The Morgan fingerprint density at radius 2 is 1.88 bits per heavy atom. The van der Waals surface area contributed by atoms with E-state index in [4.69, 9.17) is 4.98 Å². The molecule has 5 heteroatoms. The maximum absolute atomic E-state index is 13.2. The Hall–Kier alpha value is -2.40. The highest BCUT2D eigenvalue weighted by atomic mass is 19.1. The Bertz CT molecular complexity index is 867. The third kappa shape index (κ3) is 3.51. The first-order chi connectivity index (χ1) is 12.2. The average Bonchev–Trinajstić information content (AvgIpc) is 2.94. The van der Waals surface area contributed by atoms with Crippen molar-refractivity contribution >= 4 is 11.0 Å². The summed E-state index contributed by atoms with van der Waals surface area (Å²) in [7, 11) is 0. The number of benzene rings is 2. The fourth-order valence-electron chi connectivity index (χ4n) is 3.61. The number of phenols is 1. The van der Waals surface area contributed by atoms with Crippen LogP contribution in [0.1, 0.15) is 24.2 Å². The molecule has 0 unspecified atom stereocenters. The average molecular weight is 339 g/mol. The lowest BCUT2D eigenvalue weighted by molar-refractivity contribution is 0.364. The highest BCUT2D eigenvalue weighted by molar-refractivity contribution is 5.77. The van der Waals surface area contributed by atoms with E-state index in [9.17, 15) is 9.50 Å². The van der Waals surface area contributed by atoms with Gasteiger partial charge in [0.05, 0.1) is 11.0 Å². The first-order valence-electron chi connectivity index (χ1n) is 8.82. The summed E-state index contributed by atoms with van der Waals surface area (Å²) >= 11 is 0. The van der Waals surface area contributed by atoms with Gasteiger partial charge in [-0.2, -0.15) is 0 Å². The van der Waals surface area contributed by atoms with Crippen molar-refractivity contribution in [2.75, 3.05) is 13.1 Å². The van der Waals surface area contributed by atoms with Gasteiger partial charge in [0.15, 0.2) is 0 Å². The first-order valence-corrected chi connectivity index (χ1v) is 8.82. The van der Waals surface area contributed by atoms with Crippen LogP contribution in [-0.2, 0) is 13.0 Å². The van der Waals surface area contributed by atoms with Crippen molar-refractivity contribution in [3.8, 4) is 5.75 Å². The number of aromatic hydroxyl groups is 1. The molecule has 2 heterocycles. The van der Waals surface area contributed by atoms with Crippen molar-refractivity contribution in [2.45, 2.75) is 25.8 Å². The van der Waals surface area contributed by atoms with Gasteiger partial charge in [0, 0.05) is 19.0 Å². The second-order valence-corrected chi connectivity index (χ2v) is 6.81. The zero-order valence-electron chi connectivity index (χ0n) is 14.1. The predicted octanol–water partition coefficient (Wildman–Crippen LogP) is 3.47. The van der Waals surface area contributed by atoms with Gasteiger partial charge < -0.3 is 15.0 Å². The smallest absolute Gasteiger partial charge is 0.123 e. The number of fused-ring (bicyclic) bond motifs is 1. The van der Waals surface area contributed by atoms with Gasteiger partial charge in [-0.1, -0.05) is 12.1 Å². The molecule has 1 aromatic heterocycles. The van der Waals surface area contributed by atoms with Gasteiger partial charge in [0.2, 0.25) is 0 Å². The number of piperidine rings is 1. The molecule has 0 amide bonds. The van der Waals surface area contributed by atoms with E-state index in [0.717, 1.165) is 54.8 Å². The summed E-state index contributed by atoms with van der Waals surface area (Å²) in [6.45, 7) is 2.74. The standard InChI is InChI=1S/C20H22FN3O/c21-16-3-1-15(2-4-16)13-24-19-12-17(25)5-6-18(19)23-20(24)11-14-7-9-22-10-8-14/h1-6,12,14,22,25H,7-11,13H2. The summed E-state index contributed by atoms with van der Waals surface area (Å²) in [6, 6.07) is 11.9. The number of aromatic nitrogens is 2. The number of imidazole rings is 1. The Balaban J connectivity index is 1.71. The second kappa shape index (κ2) is 6.84. The van der Waals surface area contributed by atoms with E-state index in [1.165, 1.54) is 12.1 Å². The molecule has 1 aliphatic heterocycles. The molecule has 0 spiro atoms. The highest BCUT2D eigenvalue weighted by Gasteiger charge is 2.19. The van der Waals surface area contributed by atoms with Crippen LogP contribution in [0.2, 0.25) is 0 Å². The van der Waals surface area contributed by atoms with Crippen molar-refractivity contribution in [1.29, 1.82) is 0 Å². The molecule has 0 atom stereocenters. The molecular weight excluding hydrogens is 317 g/mol. The summed E-state index contributed by atoms with van der Waals surface area (Å²) in [6.07, 6.45) is 3.24. The van der Waals surface area contributed by atoms with Gasteiger partial charge in [0.1, 0.15) is 17.4 Å². The normalized spacial score (nSPS) is 15.7. The maximum atomic E-state index is 13.2. The number of nitrogens with one attached hydrogen (secondary N) is 1. The molecule has 1 aliphatic rings. The van der Waals surface area contributed by atoms with Crippen molar-refractivity contribution in [1.82, 2.24) is 14.9 Å². The van der Waals surface area contributed by atoms with Crippen molar-refractivity contribution in [3.05, 3.63) is 59.7 Å². The molecule has 1 fully saturated rings. The van der Waals surface area contributed by atoms with Crippen LogP contribution in [0.5, 0.6) is 5.75 Å². The van der Waals surface area contributed by atoms with Crippen molar-refractivity contribution < 1.29 is 9.50 Å². The molecule has 4 rings (SSSR count). The summed E-state index contributed by atoms with van der Waals surface area (Å²) in [5.74, 6) is 1.67. The van der Waals surface area contributed by atoms with E-state index in [1.54, 1.807) is 24.3 Å². The van der Waals surface area contributed by atoms with Gasteiger partial charge in [-0.15, -0.1) is 0 Å². The Kier molecular flexibility index (Phi) is 4.40. The number of hydrogen-bond donors (Lipinski definition) is 2. The minimum absolute atomic E-state index is 0.230. The number of phenolic OH excluding ortho intramolecular Hbond substituents is 1. The molecule has 0 radical (unpaired) electrons. The molecule has 0 bridgehead atoms. The van der Waals surface area contributed by atoms with E-state index in [0.29, 0.717) is 12.5 Å². The predicted molar refractivity (Wildman–Crippen MR) is 96.2 cm³/mol. The topological polar surface area (TPSA) is 50.1 Å². The fourth-order valence-corrected chi connectivity index (χ4v) is 3.61. The van der Waals surface area contributed by atoms with Crippen LogP contribution in [0.15, 0.2) is 42.5 Å². The Morgan fingerprint density at radius 3 is 2.64 bits per heavy atom. The quantitative estimate of drug-likeness (QED) is 0.765. The van der Waals surface area contributed by atoms with Crippen LogP contribution in [0.3, 0.4) is 0 Å². The van der Waals surface area contributed by atoms with E-state index in [-0.39, 0.29) is 11.6 Å². The fraction of sp³-hybridized carbons (Fsp3) is 0.350.